The lowest BCUT2D eigenvalue weighted by Crippen LogP contribution is -1.83. The summed E-state index contributed by atoms with van der Waals surface area (Å²) < 4.78 is 0. The minimum atomic E-state index is 0.462. The van der Waals surface area contributed by atoms with Gasteiger partial charge in [0.05, 0.1) is 0 Å². The summed E-state index contributed by atoms with van der Waals surface area (Å²) in [6, 6.07) is 8.39. The van der Waals surface area contributed by atoms with Crippen LogP contribution in [0.1, 0.15) is 23.7 Å². The van der Waals surface area contributed by atoms with Crippen molar-refractivity contribution in [3.8, 4) is 0 Å². The summed E-state index contributed by atoms with van der Waals surface area (Å²) >= 11 is 3.67. The molecule has 1 nitrogen and oxygen atoms in total. The zero-order valence-corrected chi connectivity index (χ0v) is 9.14. The predicted octanol–water partition coefficient (Wildman–Crippen LogP) is 4.01. The number of benzene rings is 1. The molecule has 13 heavy (non-hydrogen) atoms. The first-order valence-electron chi connectivity index (χ1n) is 4.53. The molecular formula is C11H12BrN. The number of para-hydroxylation sites is 1. The number of alkyl halides is 1. The number of aromatic amines is 1. The molecule has 0 aliphatic heterocycles. The molecule has 1 aromatic heterocycles. The van der Waals surface area contributed by atoms with E-state index >= 15 is 0 Å². The average Bonchev–Trinajstić information content (AvgIpc) is 2.60. The SMILES string of the molecule is CCC(Br)c1c[nH]c2ccccc12. The summed E-state index contributed by atoms with van der Waals surface area (Å²) in [7, 11) is 0. The quantitative estimate of drug-likeness (QED) is 0.760. The molecule has 2 aromatic rings. The molecule has 0 saturated heterocycles. The number of halogens is 1. The summed E-state index contributed by atoms with van der Waals surface area (Å²) in [6.07, 6.45) is 3.20. The summed E-state index contributed by atoms with van der Waals surface area (Å²) in [5.41, 5.74) is 2.58. The molecular weight excluding hydrogens is 226 g/mol. The van der Waals surface area contributed by atoms with Crippen molar-refractivity contribution >= 4 is 26.8 Å². The van der Waals surface area contributed by atoms with E-state index in [9.17, 15) is 0 Å². The fourth-order valence-electron chi connectivity index (χ4n) is 1.57. The topological polar surface area (TPSA) is 15.8 Å². The maximum atomic E-state index is 3.67. The van der Waals surface area contributed by atoms with Crippen LogP contribution in [-0.2, 0) is 0 Å². The molecule has 0 saturated carbocycles. The van der Waals surface area contributed by atoms with Crippen molar-refractivity contribution in [1.82, 2.24) is 4.98 Å². The molecule has 0 bridgehead atoms. The van der Waals surface area contributed by atoms with E-state index in [0.29, 0.717) is 4.83 Å². The van der Waals surface area contributed by atoms with Gasteiger partial charge in [-0.15, -0.1) is 0 Å². The van der Waals surface area contributed by atoms with Gasteiger partial charge in [-0.2, -0.15) is 0 Å². The van der Waals surface area contributed by atoms with Crippen molar-refractivity contribution in [2.75, 3.05) is 0 Å². The molecule has 0 aliphatic rings. The molecule has 1 heterocycles. The maximum Gasteiger partial charge on any atom is 0.0457 e. The van der Waals surface area contributed by atoms with Gasteiger partial charge < -0.3 is 4.98 Å². The lowest BCUT2D eigenvalue weighted by molar-refractivity contribution is 0.918. The van der Waals surface area contributed by atoms with E-state index in [4.69, 9.17) is 0 Å². The molecule has 0 radical (unpaired) electrons. The number of hydrogen-bond donors (Lipinski definition) is 1. The summed E-state index contributed by atoms with van der Waals surface area (Å²) in [4.78, 5) is 3.74. The third-order valence-corrected chi connectivity index (χ3v) is 3.46. The minimum absolute atomic E-state index is 0.462. The number of H-pyrrole nitrogens is 1. The molecule has 2 rings (SSSR count). The second-order valence-corrected chi connectivity index (χ2v) is 4.27. The highest BCUT2D eigenvalue weighted by atomic mass is 79.9. The number of aromatic nitrogens is 1. The van der Waals surface area contributed by atoms with Crippen LogP contribution in [0, 0.1) is 0 Å². The van der Waals surface area contributed by atoms with Gasteiger partial charge in [-0.05, 0) is 18.1 Å². The van der Waals surface area contributed by atoms with Gasteiger partial charge in [0.2, 0.25) is 0 Å². The molecule has 68 valence electrons. The van der Waals surface area contributed by atoms with E-state index in [2.05, 4.69) is 58.3 Å². The number of hydrogen-bond acceptors (Lipinski definition) is 0. The van der Waals surface area contributed by atoms with Crippen LogP contribution in [0.3, 0.4) is 0 Å². The lowest BCUT2D eigenvalue weighted by Gasteiger charge is -2.03. The first kappa shape index (κ1) is 8.82. The molecule has 0 amide bonds. The van der Waals surface area contributed by atoms with Crippen LogP contribution in [0.25, 0.3) is 10.9 Å². The van der Waals surface area contributed by atoms with Gasteiger partial charge in [-0.3, -0.25) is 0 Å². The molecule has 0 fully saturated rings. The highest BCUT2D eigenvalue weighted by Crippen LogP contribution is 2.31. The third-order valence-electron chi connectivity index (χ3n) is 2.32. The Bertz CT molecular complexity index is 405. The Morgan fingerprint density at radius 2 is 2.15 bits per heavy atom. The van der Waals surface area contributed by atoms with E-state index in [-0.39, 0.29) is 0 Å². The van der Waals surface area contributed by atoms with Crippen LogP contribution >= 0.6 is 15.9 Å². The Morgan fingerprint density at radius 3 is 2.92 bits per heavy atom. The first-order chi connectivity index (χ1) is 6.33. The van der Waals surface area contributed by atoms with Crippen molar-refractivity contribution in [3.05, 3.63) is 36.0 Å². The molecule has 2 heteroatoms. The van der Waals surface area contributed by atoms with Gasteiger partial charge in [-0.1, -0.05) is 41.1 Å². The van der Waals surface area contributed by atoms with Gasteiger partial charge in [0.25, 0.3) is 0 Å². The molecule has 1 atom stereocenters. The highest BCUT2D eigenvalue weighted by molar-refractivity contribution is 9.09. The van der Waals surface area contributed by atoms with Crippen LogP contribution in [0.15, 0.2) is 30.5 Å². The smallest absolute Gasteiger partial charge is 0.0457 e. The van der Waals surface area contributed by atoms with E-state index in [1.54, 1.807) is 0 Å². The molecule has 0 aliphatic carbocycles. The fourth-order valence-corrected chi connectivity index (χ4v) is 1.95. The monoisotopic (exact) mass is 237 g/mol. The Morgan fingerprint density at radius 1 is 1.38 bits per heavy atom. The standard InChI is InChI=1S/C11H12BrN/c1-2-10(12)9-7-13-11-6-4-3-5-8(9)11/h3-7,10,13H,2H2,1H3. The number of fused-ring (bicyclic) bond motifs is 1. The molecule has 0 spiro atoms. The van der Waals surface area contributed by atoms with Crippen molar-refractivity contribution in [2.45, 2.75) is 18.2 Å². The summed E-state index contributed by atoms with van der Waals surface area (Å²) in [5.74, 6) is 0. The van der Waals surface area contributed by atoms with Crippen LogP contribution in [0.4, 0.5) is 0 Å². The second-order valence-electron chi connectivity index (χ2n) is 3.17. The predicted molar refractivity (Wildman–Crippen MR) is 60.3 cm³/mol. The maximum absolute atomic E-state index is 3.67. The first-order valence-corrected chi connectivity index (χ1v) is 5.44. The Balaban J connectivity index is 2.57. The third kappa shape index (κ3) is 1.51. The van der Waals surface area contributed by atoms with Crippen LogP contribution < -0.4 is 0 Å². The van der Waals surface area contributed by atoms with Gasteiger partial charge >= 0.3 is 0 Å². The van der Waals surface area contributed by atoms with E-state index in [1.807, 2.05) is 0 Å². The van der Waals surface area contributed by atoms with Crippen molar-refractivity contribution < 1.29 is 0 Å². The molecule has 1 aromatic carbocycles. The van der Waals surface area contributed by atoms with Crippen molar-refractivity contribution in [3.63, 3.8) is 0 Å². The van der Waals surface area contributed by atoms with Crippen molar-refractivity contribution in [2.24, 2.45) is 0 Å². The van der Waals surface area contributed by atoms with Crippen LogP contribution in [-0.4, -0.2) is 4.98 Å². The summed E-state index contributed by atoms with van der Waals surface area (Å²) in [6.45, 7) is 2.18. The van der Waals surface area contributed by atoms with E-state index in [1.165, 1.54) is 16.5 Å². The number of nitrogens with one attached hydrogen (secondary N) is 1. The van der Waals surface area contributed by atoms with Crippen LogP contribution in [0.5, 0.6) is 0 Å². The van der Waals surface area contributed by atoms with Gasteiger partial charge in [0.15, 0.2) is 0 Å². The highest BCUT2D eigenvalue weighted by Gasteiger charge is 2.09. The Hall–Kier alpha value is -0.760. The van der Waals surface area contributed by atoms with Crippen LogP contribution in [0.2, 0.25) is 0 Å². The van der Waals surface area contributed by atoms with E-state index < -0.39 is 0 Å². The Labute approximate surface area is 86.3 Å². The van der Waals surface area contributed by atoms with Gasteiger partial charge in [0.1, 0.15) is 0 Å². The van der Waals surface area contributed by atoms with Crippen molar-refractivity contribution in [1.29, 1.82) is 0 Å². The number of rotatable bonds is 2. The zero-order chi connectivity index (χ0) is 9.26. The fraction of sp³-hybridized carbons (Fsp3) is 0.273. The Kier molecular flexibility index (Phi) is 2.40. The second kappa shape index (κ2) is 3.54. The summed E-state index contributed by atoms with van der Waals surface area (Å²) in [5, 5.41) is 1.33. The minimum Gasteiger partial charge on any atom is -0.361 e. The van der Waals surface area contributed by atoms with Gasteiger partial charge in [-0.25, -0.2) is 0 Å². The molecule has 1 N–H and O–H groups in total. The zero-order valence-electron chi connectivity index (χ0n) is 7.55. The van der Waals surface area contributed by atoms with Gasteiger partial charge in [0, 0.05) is 21.9 Å². The van der Waals surface area contributed by atoms with E-state index in [0.717, 1.165) is 6.42 Å². The largest absolute Gasteiger partial charge is 0.361 e. The normalized spacial score (nSPS) is 13.4. The lowest BCUT2D eigenvalue weighted by atomic mass is 10.1. The average molecular weight is 238 g/mol. The molecule has 1 unspecified atom stereocenters.